The van der Waals surface area contributed by atoms with Gasteiger partial charge < -0.3 is 11.1 Å². The largest absolute Gasteiger partial charge is 0.399 e. The highest BCUT2D eigenvalue weighted by Crippen LogP contribution is 2.28. The molecule has 2 heteroatoms. The normalized spacial score (nSPS) is 11.6. The molecule has 0 aliphatic carbocycles. The van der Waals surface area contributed by atoms with Gasteiger partial charge in [-0.1, -0.05) is 85.8 Å². The lowest BCUT2D eigenvalue weighted by molar-refractivity contribution is 1.23. The fraction of sp³-hybridized carbons (Fsp3) is 0.0968. The Labute approximate surface area is 197 Å². The van der Waals surface area contributed by atoms with Gasteiger partial charge in [0.05, 0.1) is 0 Å². The van der Waals surface area contributed by atoms with Crippen LogP contribution in [0, 0.1) is 0 Å². The van der Waals surface area contributed by atoms with Crippen molar-refractivity contribution >= 4 is 22.6 Å². The van der Waals surface area contributed by atoms with Gasteiger partial charge in [-0.3, -0.25) is 0 Å². The molecule has 0 atom stereocenters. The Bertz CT molecular complexity index is 1250. The molecule has 4 rings (SSSR count). The first-order valence-corrected chi connectivity index (χ1v) is 11.4. The van der Waals surface area contributed by atoms with Crippen molar-refractivity contribution in [2.24, 2.45) is 0 Å². The zero-order valence-corrected chi connectivity index (χ0v) is 19.3. The molecule has 0 amide bonds. The number of hydrogen-bond donors (Lipinski definition) is 2. The van der Waals surface area contributed by atoms with Gasteiger partial charge in [-0.25, -0.2) is 0 Å². The summed E-state index contributed by atoms with van der Waals surface area (Å²) in [4.78, 5) is 0. The molecule has 0 bridgehead atoms. The topological polar surface area (TPSA) is 38.0 Å². The lowest BCUT2D eigenvalue weighted by Crippen LogP contribution is -1.92. The zero-order chi connectivity index (χ0) is 23.0. The molecule has 4 aromatic rings. The lowest BCUT2D eigenvalue weighted by Gasteiger charge is -2.11. The number of allylic oxidation sites excluding steroid dienone is 4. The smallest absolute Gasteiger partial charge is 0.0390 e. The summed E-state index contributed by atoms with van der Waals surface area (Å²) in [5, 5.41) is 3.54. The van der Waals surface area contributed by atoms with Crippen molar-refractivity contribution < 1.29 is 0 Å². The Morgan fingerprint density at radius 1 is 0.727 bits per heavy atom. The number of nitrogens with one attached hydrogen (secondary N) is 1. The van der Waals surface area contributed by atoms with E-state index in [1.807, 2.05) is 12.1 Å². The Morgan fingerprint density at radius 2 is 1.27 bits per heavy atom. The van der Waals surface area contributed by atoms with E-state index in [-0.39, 0.29) is 0 Å². The Balaban J connectivity index is 1.48. The SMILES string of the molecule is C/C=C\C(=C/CC)c1cccc(Nc2ccc(-c3ccc(-c4ccc(N)cc4)cc3)cc2)c1. The molecule has 0 unspecified atom stereocenters. The van der Waals surface area contributed by atoms with Crippen LogP contribution >= 0.6 is 0 Å². The standard InChI is InChI=1S/C31H30N2/c1-3-6-23(7-4-2)28-8-5-9-31(22-28)33-30-20-16-27(17-21-30)25-12-10-24(11-13-25)26-14-18-29(32)19-15-26/h3,5-22,33H,4,32H2,1-2H3/b6-3-,23-7+. The Kier molecular flexibility index (Phi) is 7.06. The van der Waals surface area contributed by atoms with Gasteiger partial charge in [0.1, 0.15) is 0 Å². The summed E-state index contributed by atoms with van der Waals surface area (Å²) < 4.78 is 0. The van der Waals surface area contributed by atoms with Crippen LogP contribution in [0.1, 0.15) is 25.8 Å². The molecule has 0 aliphatic heterocycles. The van der Waals surface area contributed by atoms with Crippen molar-refractivity contribution in [2.45, 2.75) is 20.3 Å². The van der Waals surface area contributed by atoms with Gasteiger partial charge in [0.2, 0.25) is 0 Å². The molecule has 0 aromatic heterocycles. The number of nitrogen functional groups attached to an aromatic ring is 1. The van der Waals surface area contributed by atoms with E-state index in [9.17, 15) is 0 Å². The summed E-state index contributed by atoms with van der Waals surface area (Å²) in [7, 11) is 0. The number of hydrogen-bond acceptors (Lipinski definition) is 2. The molecule has 0 aliphatic rings. The molecule has 33 heavy (non-hydrogen) atoms. The fourth-order valence-corrected chi connectivity index (χ4v) is 3.90. The van der Waals surface area contributed by atoms with Crippen LogP contribution < -0.4 is 11.1 Å². The minimum absolute atomic E-state index is 0.784. The molecule has 0 saturated carbocycles. The second kappa shape index (κ2) is 10.5. The van der Waals surface area contributed by atoms with Crippen LogP contribution in [0.4, 0.5) is 17.1 Å². The van der Waals surface area contributed by atoms with Crippen molar-refractivity contribution in [2.75, 3.05) is 11.1 Å². The highest BCUT2D eigenvalue weighted by atomic mass is 14.9. The van der Waals surface area contributed by atoms with Gasteiger partial charge in [0, 0.05) is 17.1 Å². The van der Waals surface area contributed by atoms with Gasteiger partial charge in [0.15, 0.2) is 0 Å². The number of nitrogens with two attached hydrogens (primary N) is 1. The molecule has 0 saturated heterocycles. The predicted molar refractivity (Wildman–Crippen MR) is 145 cm³/mol. The lowest BCUT2D eigenvalue weighted by atomic mass is 10.00. The molecule has 0 radical (unpaired) electrons. The van der Waals surface area contributed by atoms with E-state index in [1.165, 1.54) is 33.4 Å². The number of rotatable bonds is 7. The Morgan fingerprint density at radius 3 is 1.82 bits per heavy atom. The summed E-state index contributed by atoms with van der Waals surface area (Å²) in [6, 6.07) is 33.8. The fourth-order valence-electron chi connectivity index (χ4n) is 3.90. The van der Waals surface area contributed by atoms with Gasteiger partial charge >= 0.3 is 0 Å². The second-order valence-corrected chi connectivity index (χ2v) is 8.05. The van der Waals surface area contributed by atoms with E-state index in [4.69, 9.17) is 5.73 Å². The van der Waals surface area contributed by atoms with Crippen LogP contribution in [0.5, 0.6) is 0 Å². The number of anilines is 3. The van der Waals surface area contributed by atoms with Gasteiger partial charge in [-0.15, -0.1) is 0 Å². The molecule has 2 nitrogen and oxygen atoms in total. The zero-order valence-electron chi connectivity index (χ0n) is 19.3. The molecule has 0 heterocycles. The van der Waals surface area contributed by atoms with E-state index in [0.717, 1.165) is 23.5 Å². The van der Waals surface area contributed by atoms with Gasteiger partial charge in [0.25, 0.3) is 0 Å². The van der Waals surface area contributed by atoms with Crippen molar-refractivity contribution in [3.63, 3.8) is 0 Å². The van der Waals surface area contributed by atoms with E-state index in [1.54, 1.807) is 0 Å². The Hall–Kier alpha value is -4.04. The van der Waals surface area contributed by atoms with Crippen LogP contribution in [0.15, 0.2) is 115 Å². The van der Waals surface area contributed by atoms with Crippen LogP contribution in [0.2, 0.25) is 0 Å². The quantitative estimate of drug-likeness (QED) is 0.227. The second-order valence-electron chi connectivity index (χ2n) is 8.05. The summed E-state index contributed by atoms with van der Waals surface area (Å²) in [5.74, 6) is 0. The van der Waals surface area contributed by atoms with Gasteiger partial charge in [-0.05, 0) is 83.1 Å². The van der Waals surface area contributed by atoms with Gasteiger partial charge in [-0.2, -0.15) is 0 Å². The maximum absolute atomic E-state index is 5.80. The van der Waals surface area contributed by atoms with Crippen molar-refractivity contribution in [3.8, 4) is 22.3 Å². The summed E-state index contributed by atoms with van der Waals surface area (Å²) in [6.07, 6.45) is 7.52. The van der Waals surface area contributed by atoms with Crippen LogP contribution in [0.25, 0.3) is 27.8 Å². The first-order chi connectivity index (χ1) is 16.2. The number of benzene rings is 4. The minimum atomic E-state index is 0.784. The van der Waals surface area contributed by atoms with Crippen molar-refractivity contribution in [3.05, 3.63) is 121 Å². The molecule has 0 spiro atoms. The van der Waals surface area contributed by atoms with E-state index >= 15 is 0 Å². The van der Waals surface area contributed by atoms with Crippen LogP contribution in [0.3, 0.4) is 0 Å². The van der Waals surface area contributed by atoms with Crippen LogP contribution in [-0.2, 0) is 0 Å². The van der Waals surface area contributed by atoms with E-state index in [2.05, 4.69) is 122 Å². The van der Waals surface area contributed by atoms with Crippen LogP contribution in [-0.4, -0.2) is 0 Å². The average molecular weight is 431 g/mol. The minimum Gasteiger partial charge on any atom is -0.399 e. The molecular weight excluding hydrogens is 400 g/mol. The molecular formula is C31H30N2. The first kappa shape index (κ1) is 22.2. The molecule has 4 aromatic carbocycles. The summed E-state index contributed by atoms with van der Waals surface area (Å²) >= 11 is 0. The third-order valence-corrected chi connectivity index (χ3v) is 5.60. The molecule has 164 valence electrons. The highest BCUT2D eigenvalue weighted by molar-refractivity contribution is 5.77. The van der Waals surface area contributed by atoms with E-state index < -0.39 is 0 Å². The van der Waals surface area contributed by atoms with Crippen molar-refractivity contribution in [1.29, 1.82) is 0 Å². The summed E-state index contributed by atoms with van der Waals surface area (Å²) in [6.45, 7) is 4.22. The summed E-state index contributed by atoms with van der Waals surface area (Å²) in [5.41, 5.74) is 16.0. The predicted octanol–water partition coefficient (Wildman–Crippen LogP) is 8.72. The molecule has 3 N–H and O–H groups in total. The monoisotopic (exact) mass is 430 g/mol. The first-order valence-electron chi connectivity index (χ1n) is 11.4. The third kappa shape index (κ3) is 5.61. The van der Waals surface area contributed by atoms with E-state index in [0.29, 0.717) is 0 Å². The molecule has 0 fully saturated rings. The maximum atomic E-state index is 5.80. The third-order valence-electron chi connectivity index (χ3n) is 5.60. The average Bonchev–Trinajstić information content (AvgIpc) is 2.85. The highest BCUT2D eigenvalue weighted by Gasteiger charge is 2.03. The van der Waals surface area contributed by atoms with Crippen molar-refractivity contribution in [1.82, 2.24) is 0 Å². The maximum Gasteiger partial charge on any atom is 0.0390 e.